The lowest BCUT2D eigenvalue weighted by molar-refractivity contribution is -0.134. The van der Waals surface area contributed by atoms with Gasteiger partial charge in [-0.05, 0) is 37.8 Å². The van der Waals surface area contributed by atoms with Crippen LogP contribution in [0.2, 0.25) is 5.02 Å². The second-order valence-corrected chi connectivity index (χ2v) is 8.37. The SMILES string of the molecule is CC1CCCCC1NC(=O)NC(=O)CN1C(=O)NC(C)(c2ccc(F)cc2Cl)C1=O. The number of carbonyl (C=O) groups excluding carboxylic acids is 4. The molecule has 3 atom stereocenters. The van der Waals surface area contributed by atoms with Crippen LogP contribution in [0, 0.1) is 11.7 Å². The lowest BCUT2D eigenvalue weighted by Crippen LogP contribution is -2.50. The molecule has 6 amide bonds. The van der Waals surface area contributed by atoms with Crippen molar-refractivity contribution in [3.8, 4) is 0 Å². The number of urea groups is 2. The van der Waals surface area contributed by atoms with E-state index in [9.17, 15) is 23.6 Å². The monoisotopic (exact) mass is 438 g/mol. The third-order valence-electron chi connectivity index (χ3n) is 5.73. The lowest BCUT2D eigenvalue weighted by atomic mass is 9.86. The van der Waals surface area contributed by atoms with Crippen molar-refractivity contribution in [1.29, 1.82) is 0 Å². The van der Waals surface area contributed by atoms with Crippen molar-refractivity contribution < 1.29 is 23.6 Å². The lowest BCUT2D eigenvalue weighted by Gasteiger charge is -2.29. The summed E-state index contributed by atoms with van der Waals surface area (Å²) in [6, 6.07) is 1.98. The number of imide groups is 2. The van der Waals surface area contributed by atoms with Crippen LogP contribution in [0.3, 0.4) is 0 Å². The molecule has 1 saturated heterocycles. The molecule has 30 heavy (non-hydrogen) atoms. The summed E-state index contributed by atoms with van der Waals surface area (Å²) in [7, 11) is 0. The Morgan fingerprint density at radius 2 is 2.00 bits per heavy atom. The van der Waals surface area contributed by atoms with Crippen LogP contribution >= 0.6 is 11.6 Å². The average molecular weight is 439 g/mol. The Kier molecular flexibility index (Phi) is 6.30. The molecule has 162 valence electrons. The molecule has 0 aromatic heterocycles. The average Bonchev–Trinajstić information content (AvgIpc) is 2.87. The Labute approximate surface area is 178 Å². The summed E-state index contributed by atoms with van der Waals surface area (Å²) < 4.78 is 13.3. The van der Waals surface area contributed by atoms with Crippen LogP contribution in [0.25, 0.3) is 0 Å². The maximum absolute atomic E-state index is 13.3. The largest absolute Gasteiger partial charge is 0.335 e. The van der Waals surface area contributed by atoms with E-state index in [0.29, 0.717) is 10.8 Å². The standard InChI is InChI=1S/C20H24ClFN4O4/c1-11-5-3-4-6-15(11)23-18(29)24-16(27)10-26-17(28)20(2,25-19(26)30)13-8-7-12(22)9-14(13)21/h7-9,11,15H,3-6,10H2,1-2H3,(H,25,30)(H2,23,24,27,29). The number of halogens is 2. The molecule has 3 N–H and O–H groups in total. The van der Waals surface area contributed by atoms with E-state index in [1.54, 1.807) is 0 Å². The predicted octanol–water partition coefficient (Wildman–Crippen LogP) is 2.65. The van der Waals surface area contributed by atoms with Crippen molar-refractivity contribution in [2.45, 2.75) is 51.1 Å². The molecule has 3 rings (SSSR count). The molecule has 2 aliphatic rings. The van der Waals surface area contributed by atoms with Crippen LogP contribution in [-0.4, -0.2) is 41.4 Å². The van der Waals surface area contributed by atoms with Crippen LogP contribution in [-0.2, 0) is 15.1 Å². The quantitative estimate of drug-likeness (QED) is 0.628. The highest BCUT2D eigenvalue weighted by Crippen LogP contribution is 2.33. The molecule has 0 spiro atoms. The fraction of sp³-hybridized carbons (Fsp3) is 0.500. The Balaban J connectivity index is 1.63. The number of hydrogen-bond acceptors (Lipinski definition) is 4. The second kappa shape index (κ2) is 8.59. The maximum atomic E-state index is 13.3. The number of nitrogens with zero attached hydrogens (tertiary/aromatic N) is 1. The van der Waals surface area contributed by atoms with Gasteiger partial charge < -0.3 is 10.6 Å². The van der Waals surface area contributed by atoms with Gasteiger partial charge in [-0.15, -0.1) is 0 Å². The van der Waals surface area contributed by atoms with Gasteiger partial charge in [-0.25, -0.2) is 14.0 Å². The van der Waals surface area contributed by atoms with Gasteiger partial charge in [0.2, 0.25) is 5.91 Å². The minimum atomic E-state index is -1.55. The molecule has 1 aromatic carbocycles. The van der Waals surface area contributed by atoms with E-state index in [0.717, 1.165) is 37.8 Å². The van der Waals surface area contributed by atoms with Gasteiger partial charge in [0.25, 0.3) is 5.91 Å². The molecule has 8 nitrogen and oxygen atoms in total. The highest BCUT2D eigenvalue weighted by Gasteiger charge is 2.50. The summed E-state index contributed by atoms with van der Waals surface area (Å²) in [5.41, 5.74) is -1.35. The first kappa shape index (κ1) is 22.0. The summed E-state index contributed by atoms with van der Waals surface area (Å²) in [4.78, 5) is 50.3. The van der Waals surface area contributed by atoms with Crippen LogP contribution in [0.1, 0.15) is 45.1 Å². The number of benzene rings is 1. The predicted molar refractivity (Wildman–Crippen MR) is 107 cm³/mol. The second-order valence-electron chi connectivity index (χ2n) is 7.96. The van der Waals surface area contributed by atoms with E-state index in [1.165, 1.54) is 13.0 Å². The number of rotatable bonds is 4. The highest BCUT2D eigenvalue weighted by molar-refractivity contribution is 6.32. The smallest absolute Gasteiger partial charge is 0.325 e. The zero-order chi connectivity index (χ0) is 22.1. The fourth-order valence-electron chi connectivity index (χ4n) is 3.96. The first-order valence-electron chi connectivity index (χ1n) is 9.82. The molecule has 1 aliphatic heterocycles. The molecule has 1 aliphatic carbocycles. The van der Waals surface area contributed by atoms with Gasteiger partial charge in [0, 0.05) is 16.6 Å². The van der Waals surface area contributed by atoms with Crippen molar-refractivity contribution in [2.24, 2.45) is 5.92 Å². The Morgan fingerprint density at radius 1 is 1.30 bits per heavy atom. The zero-order valence-corrected chi connectivity index (χ0v) is 17.5. The van der Waals surface area contributed by atoms with Gasteiger partial charge in [0.15, 0.2) is 0 Å². The fourth-order valence-corrected chi connectivity index (χ4v) is 4.32. The van der Waals surface area contributed by atoms with E-state index in [1.807, 2.05) is 6.92 Å². The van der Waals surface area contributed by atoms with Crippen LogP contribution in [0.4, 0.5) is 14.0 Å². The Morgan fingerprint density at radius 3 is 2.67 bits per heavy atom. The minimum Gasteiger partial charge on any atom is -0.335 e. The Bertz CT molecular complexity index is 896. The van der Waals surface area contributed by atoms with Crippen molar-refractivity contribution in [2.75, 3.05) is 6.54 Å². The highest BCUT2D eigenvalue weighted by atomic mass is 35.5. The van der Waals surface area contributed by atoms with Crippen LogP contribution in [0.15, 0.2) is 18.2 Å². The van der Waals surface area contributed by atoms with Crippen LogP contribution < -0.4 is 16.0 Å². The zero-order valence-electron chi connectivity index (χ0n) is 16.8. The number of hydrogen-bond donors (Lipinski definition) is 3. The number of amides is 6. The first-order valence-corrected chi connectivity index (χ1v) is 10.2. The van der Waals surface area contributed by atoms with E-state index >= 15 is 0 Å². The van der Waals surface area contributed by atoms with Crippen molar-refractivity contribution >= 4 is 35.5 Å². The molecule has 1 saturated carbocycles. The maximum Gasteiger partial charge on any atom is 0.325 e. The number of nitrogens with one attached hydrogen (secondary N) is 3. The molecular weight excluding hydrogens is 415 g/mol. The molecular formula is C20H24ClFN4O4. The van der Waals surface area contributed by atoms with E-state index in [2.05, 4.69) is 16.0 Å². The Hall–Kier alpha value is -2.68. The normalized spacial score (nSPS) is 26.3. The summed E-state index contributed by atoms with van der Waals surface area (Å²) in [6.45, 7) is 2.83. The summed E-state index contributed by atoms with van der Waals surface area (Å²) in [5, 5.41) is 7.39. The molecule has 1 heterocycles. The van der Waals surface area contributed by atoms with Crippen LogP contribution in [0.5, 0.6) is 0 Å². The summed E-state index contributed by atoms with van der Waals surface area (Å²) >= 11 is 6.04. The topological polar surface area (TPSA) is 108 Å². The minimum absolute atomic E-state index is 0.0211. The van der Waals surface area contributed by atoms with Gasteiger partial charge in [-0.3, -0.25) is 19.8 Å². The van der Waals surface area contributed by atoms with Crippen molar-refractivity contribution in [3.05, 3.63) is 34.6 Å². The summed E-state index contributed by atoms with van der Waals surface area (Å²) in [6.07, 6.45) is 3.97. The van der Waals surface area contributed by atoms with Gasteiger partial charge in [-0.2, -0.15) is 0 Å². The molecule has 10 heteroatoms. The molecule has 3 unspecified atom stereocenters. The van der Waals surface area contributed by atoms with Crippen molar-refractivity contribution in [3.63, 3.8) is 0 Å². The third kappa shape index (κ3) is 4.40. The van der Waals surface area contributed by atoms with Gasteiger partial charge in [0.1, 0.15) is 17.9 Å². The van der Waals surface area contributed by atoms with E-state index in [-0.39, 0.29) is 16.6 Å². The molecule has 1 aromatic rings. The van der Waals surface area contributed by atoms with Gasteiger partial charge >= 0.3 is 12.1 Å². The van der Waals surface area contributed by atoms with Gasteiger partial charge in [0.05, 0.1) is 0 Å². The third-order valence-corrected chi connectivity index (χ3v) is 6.04. The first-order chi connectivity index (χ1) is 14.1. The van der Waals surface area contributed by atoms with Crippen molar-refractivity contribution in [1.82, 2.24) is 20.9 Å². The molecule has 0 bridgehead atoms. The van der Waals surface area contributed by atoms with E-state index < -0.39 is 41.8 Å². The molecule has 2 fully saturated rings. The summed E-state index contributed by atoms with van der Waals surface area (Å²) in [5.74, 6) is -1.79. The number of carbonyl (C=O) groups is 4. The van der Waals surface area contributed by atoms with Gasteiger partial charge in [-0.1, -0.05) is 37.4 Å². The molecule has 0 radical (unpaired) electrons. The van der Waals surface area contributed by atoms with E-state index in [4.69, 9.17) is 11.6 Å².